The average molecular weight is 268 g/mol. The van der Waals surface area contributed by atoms with Gasteiger partial charge in [0.1, 0.15) is 5.69 Å². The molecule has 3 nitrogen and oxygen atoms in total. The maximum absolute atomic E-state index is 12.5. The lowest BCUT2D eigenvalue weighted by Gasteiger charge is -2.07. The van der Waals surface area contributed by atoms with Crippen molar-refractivity contribution in [3.63, 3.8) is 0 Å². The molecule has 6 heteroatoms. The molecule has 0 spiro atoms. The lowest BCUT2D eigenvalue weighted by atomic mass is 10.0. The number of carbonyl (C=O) groups excluding carboxylic acids is 1. The summed E-state index contributed by atoms with van der Waals surface area (Å²) < 4.78 is 39.1. The second-order valence-electron chi connectivity index (χ2n) is 4.17. The normalized spacial score (nSPS) is 11.6. The minimum Gasteiger partial charge on any atom is -0.292 e. The highest BCUT2D eigenvalue weighted by atomic mass is 19.4. The zero-order valence-corrected chi connectivity index (χ0v) is 10.1. The number of aryl methyl sites for hydroxylation is 1. The van der Waals surface area contributed by atoms with Gasteiger partial charge in [-0.3, -0.25) is 9.48 Å². The van der Waals surface area contributed by atoms with E-state index in [1.807, 2.05) is 0 Å². The minimum atomic E-state index is -4.40. The van der Waals surface area contributed by atoms with E-state index in [-0.39, 0.29) is 17.9 Å². The van der Waals surface area contributed by atoms with Crippen LogP contribution >= 0.6 is 0 Å². The van der Waals surface area contributed by atoms with Crippen molar-refractivity contribution in [1.29, 1.82) is 0 Å². The van der Waals surface area contributed by atoms with Crippen LogP contribution in [-0.4, -0.2) is 15.6 Å². The summed E-state index contributed by atoms with van der Waals surface area (Å²) in [7, 11) is 1.67. The second-order valence-corrected chi connectivity index (χ2v) is 4.17. The number of alkyl halides is 3. The minimum absolute atomic E-state index is 0.0963. The smallest absolute Gasteiger partial charge is 0.292 e. The van der Waals surface area contributed by atoms with Gasteiger partial charge in [0.2, 0.25) is 0 Å². The van der Waals surface area contributed by atoms with Crippen LogP contribution in [0.15, 0.2) is 36.5 Å². The molecule has 1 heterocycles. The van der Waals surface area contributed by atoms with Gasteiger partial charge < -0.3 is 0 Å². The molecule has 0 aliphatic carbocycles. The molecule has 2 aromatic rings. The van der Waals surface area contributed by atoms with Crippen molar-refractivity contribution in [3.8, 4) is 0 Å². The van der Waals surface area contributed by atoms with E-state index in [0.717, 1.165) is 12.1 Å². The highest BCUT2D eigenvalue weighted by Gasteiger charge is 2.30. The summed E-state index contributed by atoms with van der Waals surface area (Å²) in [6.07, 6.45) is -2.88. The zero-order chi connectivity index (χ0) is 14.0. The third-order valence-electron chi connectivity index (χ3n) is 2.62. The Kier molecular flexibility index (Phi) is 3.42. The molecule has 19 heavy (non-hydrogen) atoms. The highest BCUT2D eigenvalue weighted by molar-refractivity contribution is 5.95. The summed E-state index contributed by atoms with van der Waals surface area (Å²) in [4.78, 5) is 11.8. The van der Waals surface area contributed by atoms with E-state index < -0.39 is 11.7 Å². The number of hydrogen-bond acceptors (Lipinski definition) is 2. The molecule has 0 saturated heterocycles. The first kappa shape index (κ1) is 13.3. The highest BCUT2D eigenvalue weighted by Crippen LogP contribution is 2.29. The summed E-state index contributed by atoms with van der Waals surface area (Å²) in [6, 6.07) is 6.30. The van der Waals surface area contributed by atoms with Crippen molar-refractivity contribution in [2.24, 2.45) is 7.05 Å². The van der Waals surface area contributed by atoms with Crippen LogP contribution in [0, 0.1) is 0 Å². The van der Waals surface area contributed by atoms with Crippen LogP contribution in [0.5, 0.6) is 0 Å². The predicted molar refractivity (Wildman–Crippen MR) is 62.7 cm³/mol. The lowest BCUT2D eigenvalue weighted by molar-refractivity contribution is -0.137. The van der Waals surface area contributed by atoms with E-state index >= 15 is 0 Å². The van der Waals surface area contributed by atoms with Gasteiger partial charge in [-0.25, -0.2) is 0 Å². The molecule has 0 radical (unpaired) electrons. The molecule has 0 aliphatic heterocycles. The van der Waals surface area contributed by atoms with Crippen LogP contribution in [0.2, 0.25) is 0 Å². The number of halogens is 3. The van der Waals surface area contributed by atoms with E-state index in [4.69, 9.17) is 0 Å². The molecule has 1 aromatic heterocycles. The summed E-state index contributed by atoms with van der Waals surface area (Å²) >= 11 is 0. The Morgan fingerprint density at radius 1 is 1.32 bits per heavy atom. The SMILES string of the molecule is Cn1ccc(C(=O)Cc2cccc(C(F)(F)F)c2)n1. The Bertz CT molecular complexity index is 602. The standard InChI is InChI=1S/C13H11F3N2O/c1-18-6-5-11(17-18)12(19)8-9-3-2-4-10(7-9)13(14,15)16/h2-7H,8H2,1H3. The molecule has 0 atom stereocenters. The Balaban J connectivity index is 2.18. The van der Waals surface area contributed by atoms with Crippen molar-refractivity contribution >= 4 is 5.78 Å². The number of rotatable bonds is 3. The Hall–Kier alpha value is -2.11. The molecule has 0 saturated carbocycles. The molecule has 0 N–H and O–H groups in total. The number of benzene rings is 1. The van der Waals surface area contributed by atoms with Crippen molar-refractivity contribution in [2.75, 3.05) is 0 Å². The van der Waals surface area contributed by atoms with Gasteiger partial charge in [-0.2, -0.15) is 18.3 Å². The van der Waals surface area contributed by atoms with Crippen molar-refractivity contribution in [2.45, 2.75) is 12.6 Å². The largest absolute Gasteiger partial charge is 0.416 e. The number of Topliss-reactive ketones (excluding diaryl/α,β-unsaturated/α-hetero) is 1. The summed E-state index contributed by atoms with van der Waals surface area (Å²) in [5.41, 5.74) is -0.177. The Morgan fingerprint density at radius 2 is 2.05 bits per heavy atom. The van der Waals surface area contributed by atoms with Gasteiger partial charge in [0.05, 0.1) is 5.56 Å². The van der Waals surface area contributed by atoms with E-state index in [1.54, 1.807) is 13.2 Å². The number of ketones is 1. The molecule has 0 aliphatic rings. The number of hydrogen-bond donors (Lipinski definition) is 0. The molecular weight excluding hydrogens is 257 g/mol. The third kappa shape index (κ3) is 3.21. The fourth-order valence-corrected chi connectivity index (χ4v) is 1.70. The van der Waals surface area contributed by atoms with Crippen molar-refractivity contribution < 1.29 is 18.0 Å². The lowest BCUT2D eigenvalue weighted by Crippen LogP contribution is -2.08. The van der Waals surface area contributed by atoms with Crippen LogP contribution in [-0.2, 0) is 19.6 Å². The van der Waals surface area contributed by atoms with Crippen molar-refractivity contribution in [1.82, 2.24) is 9.78 Å². The second kappa shape index (κ2) is 4.87. The molecular formula is C13H11F3N2O. The third-order valence-corrected chi connectivity index (χ3v) is 2.62. The first-order valence-electron chi connectivity index (χ1n) is 5.55. The van der Waals surface area contributed by atoms with Gasteiger partial charge in [0.25, 0.3) is 0 Å². The summed E-state index contributed by atoms with van der Waals surface area (Å²) in [5.74, 6) is -0.306. The number of nitrogens with zero attached hydrogens (tertiary/aromatic N) is 2. The van der Waals surface area contributed by atoms with Crippen LogP contribution in [0.25, 0.3) is 0 Å². The average Bonchev–Trinajstić information content (AvgIpc) is 2.75. The van der Waals surface area contributed by atoms with Crippen LogP contribution in [0.3, 0.4) is 0 Å². The fraction of sp³-hybridized carbons (Fsp3) is 0.231. The van der Waals surface area contributed by atoms with Gasteiger partial charge in [-0.15, -0.1) is 0 Å². The first-order valence-corrected chi connectivity index (χ1v) is 5.55. The summed E-state index contributed by atoms with van der Waals surface area (Å²) in [5, 5.41) is 3.92. The number of aromatic nitrogens is 2. The van der Waals surface area contributed by atoms with Crippen LogP contribution < -0.4 is 0 Å². The topological polar surface area (TPSA) is 34.9 Å². The molecule has 2 rings (SSSR count). The molecule has 0 amide bonds. The maximum Gasteiger partial charge on any atom is 0.416 e. The van der Waals surface area contributed by atoms with E-state index in [9.17, 15) is 18.0 Å². The van der Waals surface area contributed by atoms with Crippen LogP contribution in [0.1, 0.15) is 21.6 Å². The van der Waals surface area contributed by atoms with Gasteiger partial charge in [-0.05, 0) is 17.7 Å². The predicted octanol–water partition coefficient (Wildman–Crippen LogP) is 2.86. The fourth-order valence-electron chi connectivity index (χ4n) is 1.70. The first-order chi connectivity index (χ1) is 8.86. The molecule has 0 fully saturated rings. The Morgan fingerprint density at radius 3 is 2.63 bits per heavy atom. The van der Waals surface area contributed by atoms with E-state index in [2.05, 4.69) is 5.10 Å². The quantitative estimate of drug-likeness (QED) is 0.802. The molecule has 0 unspecified atom stereocenters. The van der Waals surface area contributed by atoms with Crippen LogP contribution in [0.4, 0.5) is 13.2 Å². The molecule has 100 valence electrons. The maximum atomic E-state index is 12.5. The van der Waals surface area contributed by atoms with Gasteiger partial charge in [0.15, 0.2) is 5.78 Å². The summed E-state index contributed by atoms with van der Waals surface area (Å²) in [6.45, 7) is 0. The number of carbonyl (C=O) groups is 1. The van der Waals surface area contributed by atoms with Gasteiger partial charge in [-0.1, -0.05) is 18.2 Å². The monoisotopic (exact) mass is 268 g/mol. The molecule has 0 bridgehead atoms. The van der Waals surface area contributed by atoms with E-state index in [0.29, 0.717) is 5.56 Å². The zero-order valence-electron chi connectivity index (χ0n) is 10.1. The van der Waals surface area contributed by atoms with Gasteiger partial charge >= 0.3 is 6.18 Å². The van der Waals surface area contributed by atoms with Crippen molar-refractivity contribution in [3.05, 3.63) is 53.3 Å². The van der Waals surface area contributed by atoms with E-state index in [1.165, 1.54) is 22.9 Å². The van der Waals surface area contributed by atoms with Gasteiger partial charge in [0, 0.05) is 19.7 Å². The Labute approximate surface area is 107 Å². The molecule has 1 aromatic carbocycles.